The molecule has 1 aromatic heterocycles. The van der Waals surface area contributed by atoms with Crippen LogP contribution in [0.2, 0.25) is 0 Å². The molecule has 0 amide bonds. The Balaban J connectivity index is 1.44. The van der Waals surface area contributed by atoms with Crippen LogP contribution in [0.5, 0.6) is 0 Å². The summed E-state index contributed by atoms with van der Waals surface area (Å²) in [7, 11) is -1.26. The van der Waals surface area contributed by atoms with Gasteiger partial charge in [-0.3, -0.25) is 0 Å². The molecule has 1 saturated heterocycles. The zero-order valence-electron chi connectivity index (χ0n) is 19.6. The molecule has 4 rings (SSSR count). The van der Waals surface area contributed by atoms with E-state index in [-0.39, 0.29) is 5.75 Å². The number of piperazine rings is 1. The topological polar surface area (TPSA) is 90.5 Å². The maximum atomic E-state index is 12.5. The molecule has 0 unspecified atom stereocenters. The predicted molar refractivity (Wildman–Crippen MR) is 133 cm³/mol. The maximum absolute atomic E-state index is 12.5. The van der Waals surface area contributed by atoms with Gasteiger partial charge in [-0.25, -0.2) is 18.1 Å². The molecule has 33 heavy (non-hydrogen) atoms. The minimum atomic E-state index is -3.39. The lowest BCUT2D eigenvalue weighted by atomic mass is 9.97. The van der Waals surface area contributed by atoms with Crippen LogP contribution in [-0.2, 0) is 29.4 Å². The Morgan fingerprint density at radius 3 is 2.42 bits per heavy atom. The van der Waals surface area contributed by atoms with Crippen molar-refractivity contribution in [2.75, 3.05) is 55.7 Å². The molecule has 9 heteroatoms. The Morgan fingerprint density at radius 2 is 1.67 bits per heavy atom. The summed E-state index contributed by atoms with van der Waals surface area (Å²) < 4.78 is 27.8. The van der Waals surface area contributed by atoms with Crippen molar-refractivity contribution in [3.63, 3.8) is 0 Å². The summed E-state index contributed by atoms with van der Waals surface area (Å²) in [4.78, 5) is 14.4. The molecular weight excluding hydrogens is 436 g/mol. The van der Waals surface area contributed by atoms with Crippen molar-refractivity contribution in [3.8, 4) is 0 Å². The number of rotatable bonds is 8. The van der Waals surface area contributed by atoms with Gasteiger partial charge in [0.2, 0.25) is 16.0 Å². The number of fused-ring (bicyclic) bond motifs is 1. The van der Waals surface area contributed by atoms with Crippen LogP contribution in [0.25, 0.3) is 0 Å². The van der Waals surface area contributed by atoms with Crippen molar-refractivity contribution in [2.45, 2.75) is 45.1 Å². The number of hydrogen-bond acceptors (Lipinski definition) is 7. The molecule has 2 N–H and O–H groups in total. The molecule has 8 nitrogen and oxygen atoms in total. The van der Waals surface area contributed by atoms with Gasteiger partial charge in [-0.15, -0.1) is 0 Å². The summed E-state index contributed by atoms with van der Waals surface area (Å²) in [6.45, 7) is 4.43. The van der Waals surface area contributed by atoms with Crippen LogP contribution in [0.15, 0.2) is 30.3 Å². The highest BCUT2D eigenvalue weighted by molar-refractivity contribution is 7.89. The summed E-state index contributed by atoms with van der Waals surface area (Å²) >= 11 is 0. The SMILES string of the molecule is CN1CCN(c2nc3c(c(NCCS(=O)(=O)NCc4ccccc4)n2)CCCCCC3)CC1. The average Bonchev–Trinajstić information content (AvgIpc) is 2.79. The fourth-order valence-corrected chi connectivity index (χ4v) is 5.30. The van der Waals surface area contributed by atoms with Gasteiger partial charge in [-0.2, -0.15) is 4.98 Å². The van der Waals surface area contributed by atoms with E-state index in [0.717, 1.165) is 74.9 Å². The van der Waals surface area contributed by atoms with Gasteiger partial charge in [0.15, 0.2) is 0 Å². The summed E-state index contributed by atoms with van der Waals surface area (Å²) in [6.07, 6.45) is 6.63. The number of aromatic nitrogens is 2. The molecule has 180 valence electrons. The van der Waals surface area contributed by atoms with Crippen LogP contribution in [0.1, 0.15) is 42.5 Å². The van der Waals surface area contributed by atoms with E-state index < -0.39 is 10.0 Å². The lowest BCUT2D eigenvalue weighted by molar-refractivity contribution is 0.311. The number of nitrogens with one attached hydrogen (secondary N) is 2. The Morgan fingerprint density at radius 1 is 0.939 bits per heavy atom. The molecule has 1 aliphatic carbocycles. The molecule has 0 spiro atoms. The molecule has 0 saturated carbocycles. The van der Waals surface area contributed by atoms with E-state index in [1.165, 1.54) is 18.4 Å². The first-order valence-corrected chi connectivity index (χ1v) is 13.7. The smallest absolute Gasteiger partial charge is 0.227 e. The molecule has 1 aliphatic heterocycles. The van der Waals surface area contributed by atoms with E-state index in [1.807, 2.05) is 30.3 Å². The van der Waals surface area contributed by atoms with Crippen LogP contribution in [-0.4, -0.2) is 68.8 Å². The number of anilines is 2. The van der Waals surface area contributed by atoms with Crippen molar-refractivity contribution in [2.24, 2.45) is 0 Å². The van der Waals surface area contributed by atoms with Gasteiger partial charge >= 0.3 is 0 Å². The third kappa shape index (κ3) is 6.88. The second-order valence-corrected chi connectivity index (χ2v) is 11.0. The molecule has 1 fully saturated rings. The van der Waals surface area contributed by atoms with Crippen molar-refractivity contribution < 1.29 is 8.42 Å². The van der Waals surface area contributed by atoms with Gasteiger partial charge < -0.3 is 15.1 Å². The van der Waals surface area contributed by atoms with Gasteiger partial charge in [-0.05, 0) is 38.3 Å². The first kappa shape index (κ1) is 23.9. The molecule has 2 aliphatic rings. The first-order chi connectivity index (χ1) is 16.0. The van der Waals surface area contributed by atoms with Gasteiger partial charge in [0.25, 0.3) is 0 Å². The standard InChI is InChI=1S/C24H36N6O2S/c1-29-14-16-30(17-15-29)24-27-22-12-8-3-2-7-11-21(22)23(28-24)25-13-18-33(31,32)26-19-20-9-5-4-6-10-20/h4-6,9-10,26H,2-3,7-8,11-19H2,1H3,(H,25,27,28). The van der Waals surface area contributed by atoms with Gasteiger partial charge in [0.1, 0.15) is 5.82 Å². The van der Waals surface area contributed by atoms with E-state index in [2.05, 4.69) is 26.9 Å². The number of benzene rings is 1. The lowest BCUT2D eigenvalue weighted by Gasteiger charge is -2.33. The fourth-order valence-electron chi connectivity index (χ4n) is 4.39. The Kier molecular flexibility index (Phi) is 8.16. The average molecular weight is 473 g/mol. The quantitative estimate of drug-likeness (QED) is 0.610. The summed E-state index contributed by atoms with van der Waals surface area (Å²) in [6, 6.07) is 9.57. The predicted octanol–water partition coefficient (Wildman–Crippen LogP) is 2.42. The highest BCUT2D eigenvalue weighted by Gasteiger charge is 2.22. The van der Waals surface area contributed by atoms with Crippen LogP contribution in [0.4, 0.5) is 11.8 Å². The van der Waals surface area contributed by atoms with Crippen LogP contribution < -0.4 is 14.9 Å². The number of hydrogen-bond donors (Lipinski definition) is 2. The highest BCUT2D eigenvalue weighted by Crippen LogP contribution is 2.27. The van der Waals surface area contributed by atoms with E-state index in [0.29, 0.717) is 13.1 Å². The minimum Gasteiger partial charge on any atom is -0.369 e. The summed E-state index contributed by atoms with van der Waals surface area (Å²) in [5.41, 5.74) is 3.25. The van der Waals surface area contributed by atoms with Crippen LogP contribution in [0, 0.1) is 0 Å². The number of nitrogens with zero attached hydrogens (tertiary/aromatic N) is 4. The molecular formula is C24H36N6O2S. The minimum absolute atomic E-state index is 0.00243. The van der Waals surface area contributed by atoms with Crippen LogP contribution in [0.3, 0.4) is 0 Å². The number of aryl methyl sites for hydroxylation is 1. The van der Waals surface area contributed by atoms with Crippen molar-refractivity contribution in [3.05, 3.63) is 47.2 Å². The monoisotopic (exact) mass is 472 g/mol. The molecule has 1 aromatic carbocycles. The van der Waals surface area contributed by atoms with Gasteiger partial charge in [-0.1, -0.05) is 43.2 Å². The van der Waals surface area contributed by atoms with E-state index in [1.54, 1.807) is 0 Å². The van der Waals surface area contributed by atoms with Crippen LogP contribution >= 0.6 is 0 Å². The zero-order valence-corrected chi connectivity index (χ0v) is 20.4. The molecule has 0 bridgehead atoms. The third-order valence-corrected chi connectivity index (χ3v) is 7.79. The molecule has 2 heterocycles. The first-order valence-electron chi connectivity index (χ1n) is 12.1. The second-order valence-electron chi connectivity index (χ2n) is 9.05. The summed E-state index contributed by atoms with van der Waals surface area (Å²) in [5.74, 6) is 1.59. The molecule has 0 radical (unpaired) electrons. The van der Waals surface area contributed by atoms with Gasteiger partial charge in [0.05, 0.1) is 11.4 Å². The second kappa shape index (κ2) is 11.3. The highest BCUT2D eigenvalue weighted by atomic mass is 32.2. The van der Waals surface area contributed by atoms with E-state index in [4.69, 9.17) is 9.97 Å². The maximum Gasteiger partial charge on any atom is 0.227 e. The normalized spacial score (nSPS) is 17.8. The Bertz CT molecular complexity index is 1010. The van der Waals surface area contributed by atoms with E-state index >= 15 is 0 Å². The van der Waals surface area contributed by atoms with E-state index in [9.17, 15) is 8.42 Å². The zero-order chi connectivity index (χ0) is 23.1. The van der Waals surface area contributed by atoms with Crippen molar-refractivity contribution in [1.82, 2.24) is 19.6 Å². The Hall–Kier alpha value is -2.23. The van der Waals surface area contributed by atoms with Crippen molar-refractivity contribution in [1.29, 1.82) is 0 Å². The number of likely N-dealkylation sites (N-methyl/N-ethyl adjacent to an activating group) is 1. The molecule has 2 aromatic rings. The lowest BCUT2D eigenvalue weighted by Crippen LogP contribution is -2.45. The Labute approximate surface area is 197 Å². The largest absolute Gasteiger partial charge is 0.369 e. The number of sulfonamides is 1. The van der Waals surface area contributed by atoms with Gasteiger partial charge in [0, 0.05) is 44.8 Å². The molecule has 0 atom stereocenters. The third-order valence-electron chi connectivity index (χ3n) is 6.46. The summed E-state index contributed by atoms with van der Waals surface area (Å²) in [5, 5.41) is 3.36. The van der Waals surface area contributed by atoms with Crippen molar-refractivity contribution >= 4 is 21.8 Å². The fraction of sp³-hybridized carbons (Fsp3) is 0.583.